The van der Waals surface area contributed by atoms with Crippen molar-refractivity contribution >= 4 is 29.7 Å². The van der Waals surface area contributed by atoms with Crippen LogP contribution in [-0.4, -0.2) is 58.6 Å². The number of aliphatic carboxylic acids is 1. The molecule has 1 rings (SSSR count). The lowest BCUT2D eigenvalue weighted by Gasteiger charge is -2.22. The van der Waals surface area contributed by atoms with Gasteiger partial charge in [0.25, 0.3) is 0 Å². The van der Waals surface area contributed by atoms with Gasteiger partial charge < -0.3 is 21.1 Å². The molecule has 0 aromatic rings. The summed E-state index contributed by atoms with van der Waals surface area (Å²) in [7, 11) is 0. The Morgan fingerprint density at radius 3 is 2.53 bits per heavy atom. The molecule has 2 unspecified atom stereocenters. The maximum absolute atomic E-state index is 11.9. The lowest BCUT2D eigenvalue weighted by molar-refractivity contribution is -0.137. The van der Waals surface area contributed by atoms with Crippen molar-refractivity contribution in [2.24, 2.45) is 5.73 Å². The zero-order valence-corrected chi connectivity index (χ0v) is 11.6. The molecule has 2 atom stereocenters. The molecule has 0 radical (unpaired) electrons. The lowest BCUT2D eigenvalue weighted by Crippen LogP contribution is -2.49. The fraction of sp³-hybridized carbons (Fsp3) is 0.727. The van der Waals surface area contributed by atoms with Crippen LogP contribution >= 0.6 is 11.8 Å². The molecule has 0 aromatic heterocycles. The van der Waals surface area contributed by atoms with Crippen LogP contribution < -0.4 is 11.1 Å². The van der Waals surface area contributed by atoms with Crippen LogP contribution in [-0.2, 0) is 9.59 Å². The molecular formula is C11H19N3O4S. The van der Waals surface area contributed by atoms with E-state index in [9.17, 15) is 14.4 Å². The first-order valence-corrected chi connectivity index (χ1v) is 7.29. The monoisotopic (exact) mass is 289 g/mol. The van der Waals surface area contributed by atoms with Crippen molar-refractivity contribution in [2.45, 2.75) is 30.6 Å². The van der Waals surface area contributed by atoms with Crippen molar-refractivity contribution in [3.05, 3.63) is 0 Å². The van der Waals surface area contributed by atoms with Crippen LogP contribution in [0.5, 0.6) is 0 Å². The first-order chi connectivity index (χ1) is 8.92. The first-order valence-electron chi connectivity index (χ1n) is 6.00. The molecule has 3 amide bonds. The number of nitrogens with one attached hydrogen (secondary N) is 1. The number of nitrogens with two attached hydrogens (primary N) is 1. The SMILES string of the molecule is CSC1CCC(NC(=O)N(CC(N)=O)CC(=O)O)C1. The van der Waals surface area contributed by atoms with Gasteiger partial charge in [0.05, 0.1) is 0 Å². The highest BCUT2D eigenvalue weighted by Gasteiger charge is 2.27. The van der Waals surface area contributed by atoms with E-state index >= 15 is 0 Å². The summed E-state index contributed by atoms with van der Waals surface area (Å²) in [6, 6.07) is -0.512. The van der Waals surface area contributed by atoms with Gasteiger partial charge in [-0.05, 0) is 25.5 Å². The molecule has 4 N–H and O–H groups in total. The molecule has 1 fully saturated rings. The van der Waals surface area contributed by atoms with Crippen LogP contribution in [0.1, 0.15) is 19.3 Å². The number of amides is 3. The Morgan fingerprint density at radius 1 is 1.37 bits per heavy atom. The van der Waals surface area contributed by atoms with E-state index in [1.54, 1.807) is 11.8 Å². The zero-order chi connectivity index (χ0) is 14.4. The largest absolute Gasteiger partial charge is 0.480 e. The maximum Gasteiger partial charge on any atom is 0.323 e. The van der Waals surface area contributed by atoms with E-state index in [1.807, 2.05) is 6.26 Å². The van der Waals surface area contributed by atoms with E-state index in [4.69, 9.17) is 10.8 Å². The van der Waals surface area contributed by atoms with Gasteiger partial charge in [0, 0.05) is 11.3 Å². The predicted octanol–water partition coefficient (Wildman–Crippen LogP) is -0.148. The molecular weight excluding hydrogens is 270 g/mol. The summed E-state index contributed by atoms with van der Waals surface area (Å²) in [4.78, 5) is 34.3. The molecule has 8 heteroatoms. The molecule has 7 nitrogen and oxygen atoms in total. The van der Waals surface area contributed by atoms with Crippen molar-refractivity contribution in [1.82, 2.24) is 10.2 Å². The van der Waals surface area contributed by atoms with Crippen LogP contribution in [0.4, 0.5) is 4.79 Å². The Labute approximate surface area is 115 Å². The third-order valence-corrected chi connectivity index (χ3v) is 4.10. The highest BCUT2D eigenvalue weighted by molar-refractivity contribution is 7.99. The van der Waals surface area contributed by atoms with Crippen molar-refractivity contribution in [3.8, 4) is 0 Å². The zero-order valence-electron chi connectivity index (χ0n) is 10.8. The van der Waals surface area contributed by atoms with Crippen LogP contribution in [0.2, 0.25) is 0 Å². The number of thioether (sulfide) groups is 1. The highest BCUT2D eigenvalue weighted by atomic mass is 32.2. The highest BCUT2D eigenvalue weighted by Crippen LogP contribution is 2.28. The number of carboxylic acids is 1. The van der Waals surface area contributed by atoms with Gasteiger partial charge in [-0.3, -0.25) is 9.59 Å². The molecule has 19 heavy (non-hydrogen) atoms. The average Bonchev–Trinajstić information content (AvgIpc) is 2.74. The van der Waals surface area contributed by atoms with E-state index in [0.29, 0.717) is 5.25 Å². The number of hydrogen-bond acceptors (Lipinski definition) is 4. The molecule has 108 valence electrons. The number of urea groups is 1. The summed E-state index contributed by atoms with van der Waals surface area (Å²) >= 11 is 1.76. The second-order valence-electron chi connectivity index (χ2n) is 4.53. The van der Waals surface area contributed by atoms with Gasteiger partial charge in [-0.25, -0.2) is 4.79 Å². The van der Waals surface area contributed by atoms with Crippen LogP contribution in [0.25, 0.3) is 0 Å². The second-order valence-corrected chi connectivity index (χ2v) is 5.67. The van der Waals surface area contributed by atoms with E-state index in [2.05, 4.69) is 5.32 Å². The van der Waals surface area contributed by atoms with Gasteiger partial charge in [0.2, 0.25) is 5.91 Å². The number of carboxylic acid groups (broad SMARTS) is 1. The van der Waals surface area contributed by atoms with E-state index in [0.717, 1.165) is 24.2 Å². The summed E-state index contributed by atoms with van der Waals surface area (Å²) in [5.74, 6) is -1.91. The van der Waals surface area contributed by atoms with Crippen LogP contribution in [0, 0.1) is 0 Å². The smallest absolute Gasteiger partial charge is 0.323 e. The number of hydrogen-bond donors (Lipinski definition) is 3. The molecule has 0 aliphatic heterocycles. The fourth-order valence-corrected chi connectivity index (χ4v) is 2.90. The van der Waals surface area contributed by atoms with Crippen molar-refractivity contribution < 1.29 is 19.5 Å². The minimum absolute atomic E-state index is 0.0362. The minimum Gasteiger partial charge on any atom is -0.480 e. The van der Waals surface area contributed by atoms with Gasteiger partial charge in [-0.2, -0.15) is 11.8 Å². The Bertz CT molecular complexity index is 348. The minimum atomic E-state index is -1.18. The lowest BCUT2D eigenvalue weighted by atomic mass is 10.2. The van der Waals surface area contributed by atoms with Gasteiger partial charge in [0.1, 0.15) is 13.1 Å². The number of carbonyl (C=O) groups excluding carboxylic acids is 2. The number of nitrogens with zero attached hydrogens (tertiary/aromatic N) is 1. The first kappa shape index (κ1) is 15.6. The summed E-state index contributed by atoms with van der Waals surface area (Å²) in [5, 5.41) is 12.0. The van der Waals surface area contributed by atoms with Gasteiger partial charge in [-0.15, -0.1) is 0 Å². The quantitative estimate of drug-likeness (QED) is 0.629. The third-order valence-electron chi connectivity index (χ3n) is 3.01. The molecule has 0 saturated heterocycles. The molecule has 0 heterocycles. The van der Waals surface area contributed by atoms with E-state index in [1.165, 1.54) is 0 Å². The van der Waals surface area contributed by atoms with Crippen LogP contribution in [0.15, 0.2) is 0 Å². The molecule has 1 aliphatic carbocycles. The van der Waals surface area contributed by atoms with Crippen molar-refractivity contribution in [3.63, 3.8) is 0 Å². The Morgan fingerprint density at radius 2 is 2.05 bits per heavy atom. The normalized spacial score (nSPS) is 21.9. The second kappa shape index (κ2) is 7.22. The topological polar surface area (TPSA) is 113 Å². The Hall–Kier alpha value is -1.44. The van der Waals surface area contributed by atoms with E-state index in [-0.39, 0.29) is 6.04 Å². The Balaban J connectivity index is 2.51. The van der Waals surface area contributed by atoms with Crippen LogP contribution in [0.3, 0.4) is 0 Å². The van der Waals surface area contributed by atoms with Gasteiger partial charge in [0.15, 0.2) is 0 Å². The molecule has 0 aromatic carbocycles. The third kappa shape index (κ3) is 5.37. The average molecular weight is 289 g/mol. The van der Waals surface area contributed by atoms with Gasteiger partial charge >= 0.3 is 12.0 Å². The molecule has 0 bridgehead atoms. The van der Waals surface area contributed by atoms with E-state index < -0.39 is 31.0 Å². The molecule has 1 aliphatic rings. The predicted molar refractivity (Wildman–Crippen MR) is 71.9 cm³/mol. The standard InChI is InChI=1S/C11H19N3O4S/c1-19-8-3-2-7(4-8)13-11(18)14(5-9(12)15)6-10(16)17/h7-8H,2-6H2,1H3,(H2,12,15)(H,13,18)(H,16,17). The Kier molecular flexibility index (Phi) is 5.94. The number of rotatable bonds is 6. The fourth-order valence-electron chi connectivity index (χ4n) is 2.10. The molecule has 0 spiro atoms. The van der Waals surface area contributed by atoms with Crippen molar-refractivity contribution in [1.29, 1.82) is 0 Å². The summed E-state index contributed by atoms with van der Waals surface area (Å²) in [6.45, 7) is -0.926. The summed E-state index contributed by atoms with van der Waals surface area (Å²) in [6.07, 6.45) is 4.79. The number of primary amides is 1. The molecule has 1 saturated carbocycles. The number of carbonyl (C=O) groups is 3. The van der Waals surface area contributed by atoms with Gasteiger partial charge in [-0.1, -0.05) is 0 Å². The van der Waals surface area contributed by atoms with Crippen molar-refractivity contribution in [2.75, 3.05) is 19.3 Å². The summed E-state index contributed by atoms with van der Waals surface area (Å²) in [5.41, 5.74) is 5.00. The maximum atomic E-state index is 11.9. The summed E-state index contributed by atoms with van der Waals surface area (Å²) < 4.78 is 0.